The molecule has 5 nitrogen and oxygen atoms in total. The lowest BCUT2D eigenvalue weighted by Gasteiger charge is -2.11. The number of hydrogen-bond acceptors (Lipinski definition) is 5. The van der Waals surface area contributed by atoms with Gasteiger partial charge in [-0.3, -0.25) is 4.79 Å². The van der Waals surface area contributed by atoms with E-state index in [9.17, 15) is 4.79 Å². The van der Waals surface area contributed by atoms with Gasteiger partial charge in [0, 0.05) is 12.4 Å². The van der Waals surface area contributed by atoms with Crippen molar-refractivity contribution in [2.45, 2.75) is 19.1 Å². The van der Waals surface area contributed by atoms with Crippen LogP contribution in [0, 0.1) is 0 Å². The Morgan fingerprint density at radius 2 is 2.08 bits per heavy atom. The molecule has 0 saturated carbocycles. The summed E-state index contributed by atoms with van der Waals surface area (Å²) < 4.78 is 0. The first kappa shape index (κ1) is 9.76. The van der Waals surface area contributed by atoms with E-state index in [-0.39, 0.29) is 5.82 Å². The Bertz CT molecular complexity index is 287. The van der Waals surface area contributed by atoms with Crippen LogP contribution >= 0.6 is 0 Å². The number of aliphatic hydroxyl groups is 1. The fourth-order valence-electron chi connectivity index (χ4n) is 0.794. The van der Waals surface area contributed by atoms with Crippen LogP contribution < -0.4 is 5.73 Å². The largest absolute Gasteiger partial charge is 0.391 e. The van der Waals surface area contributed by atoms with E-state index < -0.39 is 17.9 Å². The first-order valence-corrected chi connectivity index (χ1v) is 3.88. The fourth-order valence-corrected chi connectivity index (χ4v) is 0.794. The average molecular weight is 181 g/mol. The zero-order valence-electron chi connectivity index (χ0n) is 7.21. The van der Waals surface area contributed by atoms with Gasteiger partial charge in [0.05, 0.1) is 12.1 Å². The molecule has 1 aromatic rings. The molecule has 1 aromatic heterocycles. The summed E-state index contributed by atoms with van der Waals surface area (Å²) in [6, 6.07) is 0.646. The first-order chi connectivity index (χ1) is 6.13. The Balaban J connectivity index is 2.80. The van der Waals surface area contributed by atoms with Gasteiger partial charge in [0.25, 0.3) is 0 Å². The lowest BCUT2D eigenvalue weighted by atomic mass is 10.1. The lowest BCUT2D eigenvalue weighted by Crippen LogP contribution is -2.40. The van der Waals surface area contributed by atoms with Gasteiger partial charge in [-0.15, -0.1) is 0 Å². The van der Waals surface area contributed by atoms with Gasteiger partial charge >= 0.3 is 0 Å². The zero-order chi connectivity index (χ0) is 9.84. The highest BCUT2D eigenvalue weighted by Crippen LogP contribution is 1.98. The van der Waals surface area contributed by atoms with Crippen LogP contribution in [0.4, 0.5) is 0 Å². The van der Waals surface area contributed by atoms with Gasteiger partial charge < -0.3 is 10.8 Å². The number of rotatable bonds is 3. The summed E-state index contributed by atoms with van der Waals surface area (Å²) in [5.41, 5.74) is 5.41. The van der Waals surface area contributed by atoms with Crippen LogP contribution in [0.1, 0.15) is 17.5 Å². The van der Waals surface area contributed by atoms with Crippen molar-refractivity contribution in [3.63, 3.8) is 0 Å². The molecular weight excluding hydrogens is 170 g/mol. The smallest absolute Gasteiger partial charge is 0.219 e. The van der Waals surface area contributed by atoms with Crippen molar-refractivity contribution in [1.29, 1.82) is 0 Å². The summed E-state index contributed by atoms with van der Waals surface area (Å²) in [6.07, 6.45) is 2.01. The van der Waals surface area contributed by atoms with E-state index >= 15 is 0 Å². The molecule has 3 N–H and O–H groups in total. The third-order valence-electron chi connectivity index (χ3n) is 1.61. The Labute approximate surface area is 75.6 Å². The van der Waals surface area contributed by atoms with Crippen molar-refractivity contribution < 1.29 is 9.90 Å². The van der Waals surface area contributed by atoms with Crippen molar-refractivity contribution in [2.75, 3.05) is 0 Å². The van der Waals surface area contributed by atoms with Crippen LogP contribution in [0.3, 0.4) is 0 Å². The van der Waals surface area contributed by atoms with E-state index in [0.717, 1.165) is 0 Å². The summed E-state index contributed by atoms with van der Waals surface area (Å²) in [5, 5.41) is 9.05. The maximum absolute atomic E-state index is 11.4. The molecule has 2 atom stereocenters. The monoisotopic (exact) mass is 181 g/mol. The number of nitrogens with two attached hydrogens (primary N) is 1. The summed E-state index contributed by atoms with van der Waals surface area (Å²) in [4.78, 5) is 18.8. The summed E-state index contributed by atoms with van der Waals surface area (Å²) >= 11 is 0. The predicted molar refractivity (Wildman–Crippen MR) is 46.0 cm³/mol. The van der Waals surface area contributed by atoms with Crippen molar-refractivity contribution >= 4 is 5.78 Å². The molecule has 0 bridgehead atoms. The molecular formula is C8H11N3O2. The van der Waals surface area contributed by atoms with E-state index in [1.807, 2.05) is 0 Å². The van der Waals surface area contributed by atoms with Gasteiger partial charge in [-0.1, -0.05) is 0 Å². The average Bonchev–Trinajstić information content (AvgIpc) is 2.17. The van der Waals surface area contributed by atoms with Gasteiger partial charge in [0.2, 0.25) is 5.78 Å². The van der Waals surface area contributed by atoms with Gasteiger partial charge in [-0.25, -0.2) is 9.97 Å². The van der Waals surface area contributed by atoms with E-state index in [2.05, 4.69) is 9.97 Å². The second-order valence-corrected chi connectivity index (χ2v) is 2.70. The molecule has 1 rings (SSSR count). The van der Waals surface area contributed by atoms with Crippen LogP contribution in [0.25, 0.3) is 0 Å². The van der Waals surface area contributed by atoms with E-state index in [4.69, 9.17) is 10.8 Å². The number of aromatic nitrogens is 2. The number of aliphatic hydroxyl groups excluding tert-OH is 1. The molecule has 70 valence electrons. The van der Waals surface area contributed by atoms with Crippen molar-refractivity contribution in [2.24, 2.45) is 5.73 Å². The molecule has 0 aliphatic carbocycles. The van der Waals surface area contributed by atoms with E-state index in [1.54, 1.807) is 6.07 Å². The Kier molecular flexibility index (Phi) is 3.05. The van der Waals surface area contributed by atoms with Crippen LogP contribution in [0.15, 0.2) is 18.5 Å². The molecule has 13 heavy (non-hydrogen) atoms. The molecule has 5 heteroatoms. The summed E-state index contributed by atoms with van der Waals surface area (Å²) in [6.45, 7) is 1.45. The Morgan fingerprint density at radius 3 is 2.54 bits per heavy atom. The molecule has 0 aliphatic heterocycles. The SMILES string of the molecule is CC(O)C(N)C(=O)c1ncccn1. The quantitative estimate of drug-likeness (QED) is 0.606. The van der Waals surface area contributed by atoms with Gasteiger partial charge in [0.15, 0.2) is 5.82 Å². The number of carbonyl (C=O) groups excluding carboxylic acids is 1. The molecule has 2 unspecified atom stereocenters. The third-order valence-corrected chi connectivity index (χ3v) is 1.61. The lowest BCUT2D eigenvalue weighted by molar-refractivity contribution is 0.0836. The minimum Gasteiger partial charge on any atom is -0.391 e. The normalized spacial score (nSPS) is 15.0. The summed E-state index contributed by atoms with van der Waals surface area (Å²) in [7, 11) is 0. The van der Waals surface area contributed by atoms with Crippen LogP contribution in [0.2, 0.25) is 0 Å². The fraction of sp³-hybridized carbons (Fsp3) is 0.375. The minimum absolute atomic E-state index is 0.0379. The van der Waals surface area contributed by atoms with Gasteiger partial charge in [0.1, 0.15) is 0 Å². The number of carbonyl (C=O) groups is 1. The Hall–Kier alpha value is -1.33. The number of ketones is 1. The Morgan fingerprint density at radius 1 is 1.54 bits per heavy atom. The van der Waals surface area contributed by atoms with Gasteiger partial charge in [-0.2, -0.15) is 0 Å². The summed E-state index contributed by atoms with van der Waals surface area (Å²) in [5.74, 6) is -0.411. The maximum Gasteiger partial charge on any atom is 0.219 e. The topological polar surface area (TPSA) is 89.1 Å². The van der Waals surface area contributed by atoms with Crippen LogP contribution in [-0.4, -0.2) is 33.0 Å². The maximum atomic E-state index is 11.4. The second-order valence-electron chi connectivity index (χ2n) is 2.70. The minimum atomic E-state index is -0.956. The molecule has 0 aliphatic rings. The molecule has 0 radical (unpaired) electrons. The molecule has 0 spiro atoms. The van der Waals surface area contributed by atoms with Crippen LogP contribution in [0.5, 0.6) is 0 Å². The first-order valence-electron chi connectivity index (χ1n) is 3.88. The highest BCUT2D eigenvalue weighted by Gasteiger charge is 2.22. The molecule has 1 heterocycles. The highest BCUT2D eigenvalue weighted by atomic mass is 16.3. The molecule has 0 amide bonds. The predicted octanol–water partition coefficient (Wildman–Crippen LogP) is -0.633. The third kappa shape index (κ3) is 2.30. The van der Waals surface area contributed by atoms with Crippen LogP contribution in [-0.2, 0) is 0 Å². The molecule has 0 aromatic carbocycles. The van der Waals surface area contributed by atoms with E-state index in [0.29, 0.717) is 0 Å². The van der Waals surface area contributed by atoms with Crippen molar-refractivity contribution in [3.8, 4) is 0 Å². The molecule has 0 saturated heterocycles. The van der Waals surface area contributed by atoms with E-state index in [1.165, 1.54) is 19.3 Å². The standard InChI is InChI=1S/C8H11N3O2/c1-5(12)6(9)7(13)8-10-3-2-4-11-8/h2-6,12H,9H2,1H3. The number of Topliss-reactive ketones (excluding diaryl/α,β-unsaturated/α-hetero) is 1. The molecule has 0 fully saturated rings. The number of hydrogen-bond donors (Lipinski definition) is 2. The van der Waals surface area contributed by atoms with Gasteiger partial charge in [-0.05, 0) is 13.0 Å². The van der Waals surface area contributed by atoms with Crippen molar-refractivity contribution in [1.82, 2.24) is 9.97 Å². The van der Waals surface area contributed by atoms with Crippen molar-refractivity contribution in [3.05, 3.63) is 24.3 Å². The number of nitrogens with zero attached hydrogens (tertiary/aromatic N) is 2. The zero-order valence-corrected chi connectivity index (χ0v) is 7.21. The second kappa shape index (κ2) is 4.06. The highest BCUT2D eigenvalue weighted by molar-refractivity contribution is 5.97.